The van der Waals surface area contributed by atoms with E-state index in [9.17, 15) is 4.79 Å². The zero-order valence-corrected chi connectivity index (χ0v) is 14.1. The maximum atomic E-state index is 12.5. The molecule has 2 aromatic heterocycles. The van der Waals surface area contributed by atoms with Crippen molar-refractivity contribution in [2.75, 3.05) is 32.1 Å². The summed E-state index contributed by atoms with van der Waals surface area (Å²) in [5, 5.41) is 3.81. The molecule has 1 atom stereocenters. The van der Waals surface area contributed by atoms with Crippen molar-refractivity contribution in [2.24, 2.45) is 0 Å². The van der Waals surface area contributed by atoms with Crippen LogP contribution in [0.15, 0.2) is 29.2 Å². The minimum atomic E-state index is -0.0539. The number of thiophene rings is 1. The summed E-state index contributed by atoms with van der Waals surface area (Å²) in [4.78, 5) is 24.8. The highest BCUT2D eigenvalue weighted by molar-refractivity contribution is 7.08. The number of rotatable bonds is 4. The molecule has 1 fully saturated rings. The topological polar surface area (TPSA) is 58.6 Å². The first-order valence-corrected chi connectivity index (χ1v) is 8.56. The summed E-state index contributed by atoms with van der Waals surface area (Å²) in [6.45, 7) is 1.35. The van der Waals surface area contributed by atoms with Crippen molar-refractivity contribution in [3.63, 3.8) is 0 Å². The quantitative estimate of drug-likeness (QED) is 0.860. The molecule has 0 N–H and O–H groups in total. The number of piperidine rings is 1. The van der Waals surface area contributed by atoms with Gasteiger partial charge in [0.2, 0.25) is 0 Å². The Kier molecular flexibility index (Phi) is 4.76. The van der Waals surface area contributed by atoms with E-state index in [2.05, 4.69) is 9.97 Å². The summed E-state index contributed by atoms with van der Waals surface area (Å²) in [7, 11) is 3.81. The lowest BCUT2D eigenvalue weighted by molar-refractivity contribution is 0.0529. The first-order valence-electron chi connectivity index (χ1n) is 7.61. The van der Waals surface area contributed by atoms with Crippen LogP contribution in [0.4, 0.5) is 5.82 Å². The van der Waals surface area contributed by atoms with Crippen molar-refractivity contribution in [3.05, 3.63) is 34.8 Å². The average Bonchev–Trinajstić information content (AvgIpc) is 3.09. The predicted molar refractivity (Wildman–Crippen MR) is 90.2 cm³/mol. The van der Waals surface area contributed by atoms with Crippen LogP contribution in [0.5, 0.6) is 5.88 Å². The van der Waals surface area contributed by atoms with Gasteiger partial charge in [0.15, 0.2) is 5.82 Å². The highest BCUT2D eigenvalue weighted by Crippen LogP contribution is 2.24. The van der Waals surface area contributed by atoms with E-state index in [1.165, 1.54) is 11.3 Å². The average molecular weight is 332 g/mol. The molecule has 7 heteroatoms. The fraction of sp³-hybridized carbons (Fsp3) is 0.438. The van der Waals surface area contributed by atoms with Gasteiger partial charge in [0.1, 0.15) is 6.10 Å². The van der Waals surface area contributed by atoms with Crippen LogP contribution >= 0.6 is 11.3 Å². The van der Waals surface area contributed by atoms with Gasteiger partial charge in [-0.15, -0.1) is 0 Å². The van der Waals surface area contributed by atoms with E-state index < -0.39 is 0 Å². The molecule has 0 saturated carbocycles. The molecule has 0 spiro atoms. The molecule has 1 aliphatic rings. The van der Waals surface area contributed by atoms with Crippen molar-refractivity contribution in [3.8, 4) is 5.88 Å². The summed E-state index contributed by atoms with van der Waals surface area (Å²) in [5.41, 5.74) is 0.754. The zero-order valence-electron chi connectivity index (χ0n) is 13.3. The maximum absolute atomic E-state index is 12.5. The lowest BCUT2D eigenvalue weighted by Crippen LogP contribution is -2.44. The van der Waals surface area contributed by atoms with Crippen molar-refractivity contribution in [1.82, 2.24) is 14.9 Å². The summed E-state index contributed by atoms with van der Waals surface area (Å²) in [5.74, 6) is 1.30. The largest absolute Gasteiger partial charge is 0.470 e. The Hall–Kier alpha value is -2.15. The number of nitrogens with zero attached hydrogens (tertiary/aromatic N) is 4. The molecule has 0 aliphatic carbocycles. The van der Waals surface area contributed by atoms with E-state index >= 15 is 0 Å². The van der Waals surface area contributed by atoms with E-state index in [0.29, 0.717) is 18.2 Å². The number of hydrogen-bond acceptors (Lipinski definition) is 6. The summed E-state index contributed by atoms with van der Waals surface area (Å²) in [6.07, 6.45) is 5.06. The summed E-state index contributed by atoms with van der Waals surface area (Å²) >= 11 is 1.54. The molecular weight excluding hydrogens is 312 g/mol. The van der Waals surface area contributed by atoms with Crippen LogP contribution in [0, 0.1) is 0 Å². The van der Waals surface area contributed by atoms with Crippen LogP contribution in [-0.2, 0) is 0 Å². The number of amides is 1. The van der Waals surface area contributed by atoms with Crippen LogP contribution in [0.2, 0.25) is 0 Å². The second-order valence-corrected chi connectivity index (χ2v) is 6.50. The second-order valence-electron chi connectivity index (χ2n) is 5.72. The normalized spacial score (nSPS) is 17.8. The number of likely N-dealkylation sites (tertiary alicyclic amines) is 1. The van der Waals surface area contributed by atoms with Gasteiger partial charge in [0.25, 0.3) is 11.8 Å². The van der Waals surface area contributed by atoms with Gasteiger partial charge in [-0.2, -0.15) is 11.3 Å². The van der Waals surface area contributed by atoms with Gasteiger partial charge in [0.05, 0.1) is 12.1 Å². The SMILES string of the molecule is CN(C)c1nccnc1O[C@@H]1CCCN(C(=O)c2ccsc2)C1. The Morgan fingerprint density at radius 3 is 2.96 bits per heavy atom. The molecule has 3 heterocycles. The fourth-order valence-corrected chi connectivity index (χ4v) is 3.28. The van der Waals surface area contributed by atoms with Gasteiger partial charge in [0, 0.05) is 38.4 Å². The van der Waals surface area contributed by atoms with E-state index in [0.717, 1.165) is 24.9 Å². The molecular formula is C16H20N4O2S. The summed E-state index contributed by atoms with van der Waals surface area (Å²) < 4.78 is 6.04. The molecule has 1 saturated heterocycles. The van der Waals surface area contributed by atoms with Crippen molar-refractivity contribution < 1.29 is 9.53 Å². The summed E-state index contributed by atoms with van der Waals surface area (Å²) in [6, 6.07) is 1.87. The number of carbonyl (C=O) groups is 1. The first-order chi connectivity index (χ1) is 11.1. The van der Waals surface area contributed by atoms with Gasteiger partial charge in [-0.3, -0.25) is 4.79 Å². The Labute approximate surface area is 139 Å². The number of hydrogen-bond donors (Lipinski definition) is 0. The van der Waals surface area contributed by atoms with Crippen LogP contribution in [0.25, 0.3) is 0 Å². The van der Waals surface area contributed by atoms with Crippen LogP contribution in [0.1, 0.15) is 23.2 Å². The zero-order chi connectivity index (χ0) is 16.2. The molecule has 0 bridgehead atoms. The monoisotopic (exact) mass is 332 g/mol. The minimum absolute atomic E-state index is 0.0539. The van der Waals surface area contributed by atoms with Crippen LogP contribution in [-0.4, -0.2) is 54.1 Å². The fourth-order valence-electron chi connectivity index (χ4n) is 2.65. The smallest absolute Gasteiger partial charge is 0.257 e. The number of carbonyl (C=O) groups excluding carboxylic acids is 1. The van der Waals surface area contributed by atoms with Gasteiger partial charge < -0.3 is 14.5 Å². The molecule has 0 radical (unpaired) electrons. The Balaban J connectivity index is 1.69. The van der Waals surface area contributed by atoms with Gasteiger partial charge in [-0.25, -0.2) is 9.97 Å². The van der Waals surface area contributed by atoms with Gasteiger partial charge >= 0.3 is 0 Å². The maximum Gasteiger partial charge on any atom is 0.257 e. The molecule has 3 rings (SSSR count). The molecule has 0 unspecified atom stereocenters. The van der Waals surface area contributed by atoms with Crippen LogP contribution < -0.4 is 9.64 Å². The highest BCUT2D eigenvalue weighted by atomic mass is 32.1. The van der Waals surface area contributed by atoms with Gasteiger partial charge in [-0.1, -0.05) is 0 Å². The third-order valence-corrected chi connectivity index (χ3v) is 4.47. The molecule has 23 heavy (non-hydrogen) atoms. The lowest BCUT2D eigenvalue weighted by atomic mass is 10.1. The lowest BCUT2D eigenvalue weighted by Gasteiger charge is -2.33. The van der Waals surface area contributed by atoms with Crippen molar-refractivity contribution in [2.45, 2.75) is 18.9 Å². The Morgan fingerprint density at radius 1 is 1.39 bits per heavy atom. The van der Waals surface area contributed by atoms with E-state index in [4.69, 9.17) is 4.74 Å². The number of aromatic nitrogens is 2. The minimum Gasteiger partial charge on any atom is -0.470 e. The van der Waals surface area contributed by atoms with Crippen molar-refractivity contribution in [1.29, 1.82) is 0 Å². The third kappa shape index (κ3) is 3.61. The molecule has 0 aromatic carbocycles. The highest BCUT2D eigenvalue weighted by Gasteiger charge is 2.27. The van der Waals surface area contributed by atoms with E-state index in [1.807, 2.05) is 40.7 Å². The molecule has 122 valence electrons. The molecule has 6 nitrogen and oxygen atoms in total. The third-order valence-electron chi connectivity index (χ3n) is 3.78. The Bertz CT molecular complexity index is 660. The standard InChI is InChI=1S/C16H20N4O2S/c1-19(2)14-15(18-7-6-17-14)22-13-4-3-8-20(10-13)16(21)12-5-9-23-11-12/h5-7,9,11,13H,3-4,8,10H2,1-2H3/t13-/m1/s1. The second kappa shape index (κ2) is 6.95. The molecule has 1 amide bonds. The first kappa shape index (κ1) is 15.7. The number of ether oxygens (including phenoxy) is 1. The van der Waals surface area contributed by atoms with E-state index in [1.54, 1.807) is 12.4 Å². The van der Waals surface area contributed by atoms with E-state index in [-0.39, 0.29) is 12.0 Å². The van der Waals surface area contributed by atoms with Crippen molar-refractivity contribution >= 4 is 23.1 Å². The Morgan fingerprint density at radius 2 is 2.22 bits per heavy atom. The number of anilines is 1. The van der Waals surface area contributed by atoms with Gasteiger partial charge in [-0.05, 0) is 24.3 Å². The van der Waals surface area contributed by atoms with Crippen LogP contribution in [0.3, 0.4) is 0 Å². The molecule has 1 aliphatic heterocycles. The molecule has 2 aromatic rings. The predicted octanol–water partition coefficient (Wildman–Crippen LogP) is 2.29.